The van der Waals surface area contributed by atoms with E-state index in [1.165, 1.54) is 18.7 Å². The summed E-state index contributed by atoms with van der Waals surface area (Å²) in [5.74, 6) is 1.12. The summed E-state index contributed by atoms with van der Waals surface area (Å²) in [6, 6.07) is 1.94. The van der Waals surface area contributed by atoms with Crippen LogP contribution in [0.2, 0.25) is 0 Å². The van der Waals surface area contributed by atoms with E-state index < -0.39 is 0 Å². The Bertz CT molecular complexity index is 486. The van der Waals surface area contributed by atoms with Crippen molar-refractivity contribution in [2.45, 2.75) is 44.8 Å². The molecule has 1 saturated heterocycles. The predicted octanol–water partition coefficient (Wildman–Crippen LogP) is 2.31. The number of rotatable bonds is 4. The molecular formula is C13H19N3O2S. The van der Waals surface area contributed by atoms with E-state index in [0.29, 0.717) is 24.7 Å². The summed E-state index contributed by atoms with van der Waals surface area (Å²) < 4.78 is 0. The fourth-order valence-electron chi connectivity index (χ4n) is 2.15. The van der Waals surface area contributed by atoms with Crippen LogP contribution in [0, 0.1) is 0 Å². The van der Waals surface area contributed by atoms with Gasteiger partial charge in [0.1, 0.15) is 0 Å². The third-order valence-electron chi connectivity index (χ3n) is 3.43. The molecule has 0 spiro atoms. The molecule has 0 saturated carbocycles. The second kappa shape index (κ2) is 5.77. The number of nitrogens with zero attached hydrogens (tertiary/aromatic N) is 2. The number of carbonyl (C=O) groups excluding carboxylic acids is 2. The molecule has 2 unspecified atom stereocenters. The van der Waals surface area contributed by atoms with Crippen LogP contribution in [0.5, 0.6) is 0 Å². The molecule has 1 aliphatic heterocycles. The molecule has 0 bridgehead atoms. The zero-order valence-electron chi connectivity index (χ0n) is 11.5. The zero-order chi connectivity index (χ0) is 14.0. The largest absolute Gasteiger partial charge is 0.294 e. The maximum atomic E-state index is 12.0. The Hall–Kier alpha value is -1.30. The minimum atomic E-state index is 0.0425. The van der Waals surface area contributed by atoms with Gasteiger partial charge in [0.2, 0.25) is 5.91 Å². The average molecular weight is 281 g/mol. The van der Waals surface area contributed by atoms with Crippen molar-refractivity contribution >= 4 is 28.6 Å². The van der Waals surface area contributed by atoms with E-state index in [9.17, 15) is 9.59 Å². The topological polar surface area (TPSA) is 66.1 Å². The predicted molar refractivity (Wildman–Crippen MR) is 76.3 cm³/mol. The summed E-state index contributed by atoms with van der Waals surface area (Å²) in [6.07, 6.45) is 1.44. The van der Waals surface area contributed by atoms with Gasteiger partial charge in [-0.25, -0.2) is 0 Å². The molecule has 1 amide bonds. The number of thioether (sulfide) groups is 1. The van der Waals surface area contributed by atoms with Crippen molar-refractivity contribution in [3.05, 3.63) is 11.8 Å². The molecule has 104 valence electrons. The van der Waals surface area contributed by atoms with Gasteiger partial charge in [-0.15, -0.1) is 0 Å². The molecule has 0 radical (unpaired) electrons. The summed E-state index contributed by atoms with van der Waals surface area (Å²) in [6.45, 7) is 6.34. The molecule has 19 heavy (non-hydrogen) atoms. The molecule has 0 aliphatic carbocycles. The Morgan fingerprint density at radius 2 is 2.42 bits per heavy atom. The molecule has 0 aromatic carbocycles. The fourth-order valence-corrected chi connectivity index (χ4v) is 3.06. The van der Waals surface area contributed by atoms with Crippen molar-refractivity contribution < 1.29 is 9.59 Å². The second-order valence-electron chi connectivity index (χ2n) is 4.93. The summed E-state index contributed by atoms with van der Waals surface area (Å²) in [5.41, 5.74) is 1.05. The highest BCUT2D eigenvalue weighted by Gasteiger charge is 2.33. The second-order valence-corrected chi connectivity index (χ2v) is 6.41. The van der Waals surface area contributed by atoms with Crippen LogP contribution in [-0.2, 0) is 9.59 Å². The van der Waals surface area contributed by atoms with Crippen LogP contribution >= 0.6 is 11.8 Å². The Balaban J connectivity index is 2.08. The van der Waals surface area contributed by atoms with Gasteiger partial charge in [-0.1, -0.05) is 25.6 Å². The molecule has 1 fully saturated rings. The number of amides is 1. The lowest BCUT2D eigenvalue weighted by Gasteiger charge is -2.12. The highest BCUT2D eigenvalue weighted by Crippen LogP contribution is 2.29. The molecule has 1 aliphatic rings. The average Bonchev–Trinajstić information content (AvgIpc) is 2.94. The van der Waals surface area contributed by atoms with E-state index in [0.717, 1.165) is 12.1 Å². The van der Waals surface area contributed by atoms with Crippen LogP contribution in [-0.4, -0.2) is 33.0 Å². The minimum Gasteiger partial charge on any atom is -0.294 e. The van der Waals surface area contributed by atoms with Crippen LogP contribution in [0.1, 0.15) is 45.2 Å². The van der Waals surface area contributed by atoms with Crippen molar-refractivity contribution in [1.82, 2.24) is 10.2 Å². The molecule has 6 heteroatoms. The summed E-state index contributed by atoms with van der Waals surface area (Å²) in [7, 11) is 0. The molecule has 5 nitrogen and oxygen atoms in total. The first kappa shape index (κ1) is 14.1. The number of anilines is 1. The Morgan fingerprint density at radius 3 is 3.05 bits per heavy atom. The maximum Gasteiger partial charge on any atom is 0.229 e. The van der Waals surface area contributed by atoms with Gasteiger partial charge in [0.15, 0.2) is 10.9 Å². The lowest BCUT2D eigenvalue weighted by Crippen LogP contribution is -2.25. The first-order chi connectivity index (χ1) is 9.01. The van der Waals surface area contributed by atoms with Gasteiger partial charge in [-0.3, -0.25) is 19.6 Å². The number of aromatic nitrogens is 2. The molecule has 1 N–H and O–H groups in total. The summed E-state index contributed by atoms with van der Waals surface area (Å²) >= 11 is 1.24. The number of nitrogens with one attached hydrogen (secondary N) is 1. The van der Waals surface area contributed by atoms with Crippen LogP contribution in [0.15, 0.2) is 6.07 Å². The zero-order valence-corrected chi connectivity index (χ0v) is 12.3. The van der Waals surface area contributed by atoms with Crippen molar-refractivity contribution in [1.29, 1.82) is 0 Å². The highest BCUT2D eigenvalue weighted by molar-refractivity contribution is 8.14. The number of hydrogen-bond acceptors (Lipinski definition) is 4. The Labute approximate surface area is 117 Å². The van der Waals surface area contributed by atoms with E-state index in [4.69, 9.17) is 0 Å². The van der Waals surface area contributed by atoms with Crippen LogP contribution in [0.4, 0.5) is 5.82 Å². The van der Waals surface area contributed by atoms with Crippen LogP contribution < -0.4 is 4.90 Å². The van der Waals surface area contributed by atoms with Crippen LogP contribution in [0.3, 0.4) is 0 Å². The first-order valence-electron chi connectivity index (χ1n) is 6.54. The fraction of sp³-hybridized carbons (Fsp3) is 0.615. The van der Waals surface area contributed by atoms with Gasteiger partial charge in [0.25, 0.3) is 0 Å². The number of H-pyrrole nitrogens is 1. The van der Waals surface area contributed by atoms with Crippen molar-refractivity contribution in [2.75, 3.05) is 11.4 Å². The normalized spacial score (nSPS) is 20.9. The van der Waals surface area contributed by atoms with E-state index in [1.54, 1.807) is 4.90 Å². The summed E-state index contributed by atoms with van der Waals surface area (Å²) in [5, 5.41) is 7.32. The van der Waals surface area contributed by atoms with Crippen LogP contribution in [0.25, 0.3) is 0 Å². The lowest BCUT2D eigenvalue weighted by molar-refractivity contribution is -0.117. The van der Waals surface area contributed by atoms with Gasteiger partial charge in [-0.2, -0.15) is 5.10 Å². The monoisotopic (exact) mass is 281 g/mol. The van der Waals surface area contributed by atoms with E-state index in [-0.39, 0.29) is 16.3 Å². The molecule has 1 aromatic heterocycles. The van der Waals surface area contributed by atoms with Crippen molar-refractivity contribution in [3.63, 3.8) is 0 Å². The summed E-state index contributed by atoms with van der Waals surface area (Å²) in [4.78, 5) is 24.7. The van der Waals surface area contributed by atoms with Gasteiger partial charge in [0.05, 0.1) is 0 Å². The number of carbonyl (C=O) groups is 2. The van der Waals surface area contributed by atoms with Gasteiger partial charge >= 0.3 is 0 Å². The minimum absolute atomic E-state index is 0.0425. The van der Waals surface area contributed by atoms with E-state index >= 15 is 0 Å². The molecule has 2 atom stereocenters. The standard InChI is InChI=1S/C13H19N3O2S/c1-4-8(2)11-6-12(15-14-11)16-7-10(5-13(16)18)19-9(3)17/h6,8,10H,4-5,7H2,1-3H3,(H,14,15). The number of aromatic amines is 1. The lowest BCUT2D eigenvalue weighted by atomic mass is 10.1. The molecule has 2 rings (SSSR count). The Kier molecular flexibility index (Phi) is 4.29. The van der Waals surface area contributed by atoms with E-state index in [2.05, 4.69) is 24.0 Å². The number of hydrogen-bond donors (Lipinski definition) is 1. The van der Waals surface area contributed by atoms with Gasteiger partial charge in [-0.05, 0) is 12.3 Å². The van der Waals surface area contributed by atoms with E-state index in [1.807, 2.05) is 6.07 Å². The molecule has 1 aromatic rings. The molecular weight excluding hydrogens is 262 g/mol. The van der Waals surface area contributed by atoms with Crippen molar-refractivity contribution in [2.24, 2.45) is 0 Å². The first-order valence-corrected chi connectivity index (χ1v) is 7.42. The third-order valence-corrected chi connectivity index (χ3v) is 4.41. The highest BCUT2D eigenvalue weighted by atomic mass is 32.2. The van der Waals surface area contributed by atoms with Crippen molar-refractivity contribution in [3.8, 4) is 0 Å². The van der Waals surface area contributed by atoms with Gasteiger partial charge in [0, 0.05) is 36.9 Å². The third kappa shape index (κ3) is 3.18. The maximum absolute atomic E-state index is 12.0. The SMILES string of the molecule is CCC(C)c1cc(N2CC(SC(C)=O)CC2=O)n[nH]1. The molecule has 2 heterocycles. The Morgan fingerprint density at radius 1 is 1.68 bits per heavy atom. The quantitative estimate of drug-likeness (QED) is 0.919. The van der Waals surface area contributed by atoms with Gasteiger partial charge < -0.3 is 0 Å². The smallest absolute Gasteiger partial charge is 0.229 e.